The van der Waals surface area contributed by atoms with Gasteiger partial charge in [-0.05, 0) is 73.5 Å². The van der Waals surface area contributed by atoms with E-state index in [0.717, 1.165) is 60.0 Å². The molecule has 5 nitrogen and oxygen atoms in total. The van der Waals surface area contributed by atoms with Crippen LogP contribution in [0.2, 0.25) is 0 Å². The number of benzene rings is 2. The van der Waals surface area contributed by atoms with Crippen LogP contribution in [0.5, 0.6) is 0 Å². The van der Waals surface area contributed by atoms with Crippen molar-refractivity contribution in [2.45, 2.75) is 52.4 Å². The highest BCUT2D eigenvalue weighted by atomic mass is 16.3. The molecule has 0 radical (unpaired) electrons. The molecule has 2 aromatic carbocycles. The molecule has 0 amide bonds. The molecular formula is C26H32N4O. The summed E-state index contributed by atoms with van der Waals surface area (Å²) in [5, 5.41) is 17.1. The van der Waals surface area contributed by atoms with E-state index in [1.807, 2.05) is 60.7 Å². The summed E-state index contributed by atoms with van der Waals surface area (Å²) >= 11 is 0. The predicted octanol–water partition coefficient (Wildman–Crippen LogP) is 9.16. The highest BCUT2D eigenvalue weighted by Gasteiger charge is 2.07. The molecule has 0 aliphatic rings. The molecule has 3 rings (SSSR count). The Morgan fingerprint density at radius 1 is 0.548 bits per heavy atom. The minimum atomic E-state index is 0.788. The summed E-state index contributed by atoms with van der Waals surface area (Å²) in [6.45, 7) is 5.95. The van der Waals surface area contributed by atoms with Gasteiger partial charge < -0.3 is 4.42 Å². The van der Waals surface area contributed by atoms with Crippen molar-refractivity contribution >= 4 is 11.4 Å². The molecule has 0 aliphatic carbocycles. The first-order valence-corrected chi connectivity index (χ1v) is 11.4. The van der Waals surface area contributed by atoms with Crippen LogP contribution < -0.4 is 0 Å². The van der Waals surface area contributed by atoms with Crippen LogP contribution in [-0.2, 0) is 0 Å². The first kappa shape index (κ1) is 22.6. The van der Waals surface area contributed by atoms with E-state index in [1.54, 1.807) is 0 Å². The number of hydrogen-bond acceptors (Lipinski definition) is 5. The van der Waals surface area contributed by atoms with Gasteiger partial charge in [-0.15, -0.1) is 0 Å². The predicted molar refractivity (Wildman–Crippen MR) is 127 cm³/mol. The summed E-state index contributed by atoms with van der Waals surface area (Å²) in [5.74, 6) is 1.67. The third kappa shape index (κ3) is 7.28. The molecule has 162 valence electrons. The van der Waals surface area contributed by atoms with E-state index in [2.05, 4.69) is 34.3 Å². The van der Waals surface area contributed by atoms with Gasteiger partial charge in [0.05, 0.1) is 24.5 Å². The van der Waals surface area contributed by atoms with Crippen molar-refractivity contribution in [3.63, 3.8) is 0 Å². The zero-order valence-electron chi connectivity index (χ0n) is 18.6. The molecule has 0 saturated carbocycles. The van der Waals surface area contributed by atoms with Gasteiger partial charge in [0.1, 0.15) is 11.5 Å². The maximum Gasteiger partial charge on any atom is 0.134 e. The van der Waals surface area contributed by atoms with E-state index in [1.165, 1.54) is 25.7 Å². The maximum atomic E-state index is 6.08. The molecule has 3 aromatic rings. The second kappa shape index (κ2) is 12.6. The molecule has 5 heteroatoms. The van der Waals surface area contributed by atoms with Gasteiger partial charge in [0.2, 0.25) is 0 Å². The van der Waals surface area contributed by atoms with Gasteiger partial charge in [-0.25, -0.2) is 0 Å². The number of unbranched alkanes of at least 4 members (excludes halogenated alkanes) is 4. The number of azo groups is 2. The van der Waals surface area contributed by atoms with Gasteiger partial charge in [-0.2, -0.15) is 20.5 Å². The Morgan fingerprint density at radius 2 is 0.968 bits per heavy atom. The monoisotopic (exact) mass is 416 g/mol. The van der Waals surface area contributed by atoms with Gasteiger partial charge >= 0.3 is 0 Å². The normalized spacial score (nSPS) is 11.7. The van der Waals surface area contributed by atoms with Crippen LogP contribution in [0.25, 0.3) is 22.6 Å². The SMILES string of the molecule is CCCCCN=Nc1ccc(-c2ccc(-c3ccc(N=NCCCCC)cc3)o2)cc1. The van der Waals surface area contributed by atoms with Gasteiger partial charge in [0.15, 0.2) is 0 Å². The van der Waals surface area contributed by atoms with Crippen LogP contribution in [0, 0.1) is 0 Å². The summed E-state index contributed by atoms with van der Waals surface area (Å²) < 4.78 is 6.08. The van der Waals surface area contributed by atoms with E-state index in [0.29, 0.717) is 0 Å². The van der Waals surface area contributed by atoms with Gasteiger partial charge in [-0.1, -0.05) is 39.5 Å². The van der Waals surface area contributed by atoms with E-state index >= 15 is 0 Å². The number of hydrogen-bond donors (Lipinski definition) is 0. The molecule has 0 atom stereocenters. The van der Waals surface area contributed by atoms with E-state index in [9.17, 15) is 0 Å². The van der Waals surface area contributed by atoms with Crippen molar-refractivity contribution in [1.82, 2.24) is 0 Å². The third-order valence-corrected chi connectivity index (χ3v) is 5.01. The minimum Gasteiger partial charge on any atom is -0.456 e. The Balaban J connectivity index is 1.58. The zero-order chi connectivity index (χ0) is 21.7. The average Bonchev–Trinajstić information content (AvgIpc) is 3.30. The molecule has 0 bridgehead atoms. The Labute approximate surface area is 185 Å². The summed E-state index contributed by atoms with van der Waals surface area (Å²) in [4.78, 5) is 0. The second-order valence-electron chi connectivity index (χ2n) is 7.60. The first-order valence-electron chi connectivity index (χ1n) is 11.4. The second-order valence-corrected chi connectivity index (χ2v) is 7.60. The fraction of sp³-hybridized carbons (Fsp3) is 0.385. The molecule has 0 saturated heterocycles. The lowest BCUT2D eigenvalue weighted by molar-refractivity contribution is 0.597. The molecule has 1 aromatic heterocycles. The van der Waals surface area contributed by atoms with Crippen molar-refractivity contribution in [1.29, 1.82) is 0 Å². The summed E-state index contributed by atoms with van der Waals surface area (Å²) in [6, 6.07) is 20.0. The molecule has 31 heavy (non-hydrogen) atoms. The highest BCUT2D eigenvalue weighted by Crippen LogP contribution is 2.30. The summed E-state index contributed by atoms with van der Waals surface area (Å²) in [6.07, 6.45) is 6.98. The van der Waals surface area contributed by atoms with Crippen LogP contribution in [0.1, 0.15) is 52.4 Å². The maximum absolute atomic E-state index is 6.08. The van der Waals surface area contributed by atoms with E-state index in [4.69, 9.17) is 4.42 Å². The Morgan fingerprint density at radius 3 is 1.35 bits per heavy atom. The number of nitrogens with zero attached hydrogens (tertiary/aromatic N) is 4. The van der Waals surface area contributed by atoms with Crippen LogP contribution in [0.4, 0.5) is 11.4 Å². The average molecular weight is 417 g/mol. The lowest BCUT2D eigenvalue weighted by atomic mass is 10.1. The van der Waals surface area contributed by atoms with Crippen molar-refractivity contribution in [3.05, 3.63) is 60.7 Å². The lowest BCUT2D eigenvalue weighted by Crippen LogP contribution is -1.78. The largest absolute Gasteiger partial charge is 0.456 e. The molecule has 0 fully saturated rings. The number of furan rings is 1. The number of rotatable bonds is 12. The van der Waals surface area contributed by atoms with Crippen LogP contribution in [0.15, 0.2) is 85.5 Å². The standard InChI is InChI=1S/C26H32N4O/c1-3-5-7-19-27-29-23-13-9-21(10-14-23)25-17-18-26(31-25)22-11-15-24(16-12-22)30-28-20-8-6-4-2/h9-18H,3-8,19-20H2,1-2H3. The van der Waals surface area contributed by atoms with Gasteiger partial charge in [0, 0.05) is 11.1 Å². The van der Waals surface area contributed by atoms with Crippen molar-refractivity contribution in [2.24, 2.45) is 20.5 Å². The topological polar surface area (TPSA) is 62.6 Å². The quantitative estimate of drug-likeness (QED) is 0.214. The van der Waals surface area contributed by atoms with Crippen molar-refractivity contribution < 1.29 is 4.42 Å². The van der Waals surface area contributed by atoms with Gasteiger partial charge in [-0.3, -0.25) is 0 Å². The third-order valence-electron chi connectivity index (χ3n) is 5.01. The zero-order valence-corrected chi connectivity index (χ0v) is 18.6. The Kier molecular flexibility index (Phi) is 9.17. The van der Waals surface area contributed by atoms with Gasteiger partial charge in [0.25, 0.3) is 0 Å². The first-order chi connectivity index (χ1) is 15.3. The molecule has 0 unspecified atom stereocenters. The van der Waals surface area contributed by atoms with Crippen molar-refractivity contribution in [3.8, 4) is 22.6 Å². The summed E-state index contributed by atoms with van der Waals surface area (Å²) in [7, 11) is 0. The smallest absolute Gasteiger partial charge is 0.134 e. The summed E-state index contributed by atoms with van der Waals surface area (Å²) in [5.41, 5.74) is 3.78. The van der Waals surface area contributed by atoms with Crippen LogP contribution >= 0.6 is 0 Å². The van der Waals surface area contributed by atoms with E-state index < -0.39 is 0 Å². The van der Waals surface area contributed by atoms with Crippen LogP contribution in [-0.4, -0.2) is 13.1 Å². The fourth-order valence-corrected chi connectivity index (χ4v) is 3.16. The minimum absolute atomic E-state index is 0.788. The molecule has 0 aliphatic heterocycles. The fourth-order valence-electron chi connectivity index (χ4n) is 3.16. The Hall–Kier alpha value is -3.08. The molecule has 0 spiro atoms. The Bertz CT molecular complexity index is 878. The van der Waals surface area contributed by atoms with E-state index in [-0.39, 0.29) is 0 Å². The van der Waals surface area contributed by atoms with Crippen LogP contribution in [0.3, 0.4) is 0 Å². The molecular weight excluding hydrogens is 384 g/mol. The lowest BCUT2D eigenvalue weighted by Gasteiger charge is -2.00. The van der Waals surface area contributed by atoms with Crippen molar-refractivity contribution in [2.75, 3.05) is 13.1 Å². The molecule has 0 N–H and O–H groups in total. The highest BCUT2D eigenvalue weighted by molar-refractivity contribution is 5.66. The molecule has 1 heterocycles.